The van der Waals surface area contributed by atoms with Gasteiger partial charge < -0.3 is 23.1 Å². The van der Waals surface area contributed by atoms with E-state index in [1.54, 1.807) is 27.2 Å². The van der Waals surface area contributed by atoms with Crippen LogP contribution in [0.2, 0.25) is 5.02 Å². The Bertz CT molecular complexity index is 1110. The molecule has 2 aromatic rings. The first kappa shape index (κ1) is 27.0. The molecule has 1 atom stereocenters. The second-order valence-corrected chi connectivity index (χ2v) is 11.8. The molecule has 0 fully saturated rings. The van der Waals surface area contributed by atoms with E-state index in [2.05, 4.69) is 20.8 Å². The van der Waals surface area contributed by atoms with Crippen molar-refractivity contribution in [1.29, 1.82) is 0 Å². The van der Waals surface area contributed by atoms with Crippen LogP contribution in [-0.2, 0) is 24.8 Å². The average Bonchev–Trinajstić information content (AvgIpc) is 2.76. The molecule has 2 heterocycles. The number of ether oxygens (including phenoxy) is 2. The van der Waals surface area contributed by atoms with E-state index in [-0.39, 0.29) is 35.4 Å². The number of hydrogen-bond acceptors (Lipinski definition) is 6. The van der Waals surface area contributed by atoms with Gasteiger partial charge in [-0.15, -0.1) is 0 Å². The quantitative estimate of drug-likeness (QED) is 0.304. The van der Waals surface area contributed by atoms with Gasteiger partial charge in [0.05, 0.1) is 30.5 Å². The lowest BCUT2D eigenvalue weighted by Gasteiger charge is -2.39. The molecule has 1 aliphatic heterocycles. The molecule has 1 aliphatic rings. The monoisotopic (exact) mass is 511 g/mol. The largest absolute Gasteiger partial charge is 0.492 e. The lowest BCUT2D eigenvalue weighted by Crippen LogP contribution is -2.36. The smallest absolute Gasteiger partial charge is 0.366 e. The second kappa shape index (κ2) is 11.0. The standard InChI is InChI=1S/C25H35ClNO6P/c1-7-32-34(29,33-8-2)23-16-27-20(15-21(23)28)18-14-19(26)22(31-11-9-10-30-6)12-17(18)13-24(27)25(3,4)5/h12,14-16,24H,7-11,13H2,1-6H3. The molecule has 0 spiro atoms. The maximum absolute atomic E-state index is 13.5. The van der Waals surface area contributed by atoms with E-state index in [9.17, 15) is 9.36 Å². The summed E-state index contributed by atoms with van der Waals surface area (Å²) in [4.78, 5) is 13.2. The minimum atomic E-state index is -3.74. The van der Waals surface area contributed by atoms with E-state index in [1.807, 2.05) is 16.7 Å². The van der Waals surface area contributed by atoms with Crippen LogP contribution in [-0.4, -0.2) is 38.1 Å². The summed E-state index contributed by atoms with van der Waals surface area (Å²) in [7, 11) is -2.09. The topological polar surface area (TPSA) is 76.0 Å². The number of aromatic nitrogens is 1. The van der Waals surface area contributed by atoms with E-state index in [1.165, 1.54) is 6.07 Å². The van der Waals surface area contributed by atoms with Gasteiger partial charge in [-0.25, -0.2) is 0 Å². The van der Waals surface area contributed by atoms with Crippen LogP contribution in [0.4, 0.5) is 0 Å². The number of hydrogen-bond donors (Lipinski definition) is 0. The second-order valence-electron chi connectivity index (χ2n) is 9.37. The molecule has 188 valence electrons. The molecule has 0 N–H and O–H groups in total. The Kier molecular flexibility index (Phi) is 8.70. The third-order valence-electron chi connectivity index (χ3n) is 5.89. The van der Waals surface area contributed by atoms with Crippen molar-refractivity contribution in [1.82, 2.24) is 4.57 Å². The van der Waals surface area contributed by atoms with Gasteiger partial charge in [-0.3, -0.25) is 9.36 Å². The molecular formula is C25H35ClNO6P. The summed E-state index contributed by atoms with van der Waals surface area (Å²) in [5, 5.41) is 0.532. The molecule has 1 aromatic carbocycles. The van der Waals surface area contributed by atoms with Crippen LogP contribution < -0.4 is 15.5 Å². The van der Waals surface area contributed by atoms with Gasteiger partial charge in [0.1, 0.15) is 11.1 Å². The van der Waals surface area contributed by atoms with Gasteiger partial charge in [0.25, 0.3) is 0 Å². The molecule has 0 amide bonds. The zero-order chi connectivity index (χ0) is 25.1. The number of halogens is 1. The van der Waals surface area contributed by atoms with Crippen LogP contribution in [0.25, 0.3) is 11.3 Å². The third kappa shape index (κ3) is 5.60. The first-order valence-electron chi connectivity index (χ1n) is 11.7. The van der Waals surface area contributed by atoms with Gasteiger partial charge in [-0.2, -0.15) is 0 Å². The van der Waals surface area contributed by atoms with Crippen LogP contribution >= 0.6 is 19.2 Å². The van der Waals surface area contributed by atoms with Crippen molar-refractivity contribution in [3.63, 3.8) is 0 Å². The molecule has 0 aliphatic carbocycles. The Labute approximate surface area is 206 Å². The fourth-order valence-corrected chi connectivity index (χ4v) is 6.11. The predicted molar refractivity (Wildman–Crippen MR) is 136 cm³/mol. The number of nitrogens with zero attached hydrogens (tertiary/aromatic N) is 1. The molecule has 1 unspecified atom stereocenters. The van der Waals surface area contributed by atoms with E-state index < -0.39 is 7.60 Å². The van der Waals surface area contributed by atoms with Crippen LogP contribution in [0.1, 0.15) is 52.6 Å². The maximum atomic E-state index is 13.5. The van der Waals surface area contributed by atoms with Crippen LogP contribution in [0, 0.1) is 5.41 Å². The van der Waals surface area contributed by atoms with Crippen molar-refractivity contribution in [2.45, 2.75) is 53.5 Å². The predicted octanol–water partition coefficient (Wildman–Crippen LogP) is 5.62. The molecular weight excluding hydrogens is 477 g/mol. The van der Waals surface area contributed by atoms with E-state index in [0.29, 0.717) is 30.4 Å². The third-order valence-corrected chi connectivity index (χ3v) is 8.30. The first-order valence-corrected chi connectivity index (χ1v) is 13.6. The van der Waals surface area contributed by atoms with Gasteiger partial charge in [0.2, 0.25) is 0 Å². The summed E-state index contributed by atoms with van der Waals surface area (Å²) >= 11 is 6.56. The number of benzene rings is 1. The van der Waals surface area contributed by atoms with E-state index in [4.69, 9.17) is 30.1 Å². The van der Waals surface area contributed by atoms with Gasteiger partial charge in [0, 0.05) is 44.0 Å². The minimum absolute atomic E-state index is 0.00595. The molecule has 0 radical (unpaired) electrons. The molecule has 3 rings (SSSR count). The molecule has 9 heteroatoms. The maximum Gasteiger partial charge on any atom is 0.366 e. The zero-order valence-electron chi connectivity index (χ0n) is 20.9. The van der Waals surface area contributed by atoms with Crippen LogP contribution in [0.3, 0.4) is 0 Å². The molecule has 0 saturated carbocycles. The SMILES string of the molecule is CCOP(=O)(OCC)c1cn2c(cc1=O)-c1cc(Cl)c(OCCCOC)cc1CC2C(C)(C)C. The summed E-state index contributed by atoms with van der Waals surface area (Å²) in [6.07, 6.45) is 3.12. The number of fused-ring (bicyclic) bond motifs is 3. The minimum Gasteiger partial charge on any atom is -0.492 e. The molecule has 34 heavy (non-hydrogen) atoms. The highest BCUT2D eigenvalue weighted by Gasteiger charge is 2.37. The lowest BCUT2D eigenvalue weighted by molar-refractivity contribution is 0.172. The van der Waals surface area contributed by atoms with Crippen molar-refractivity contribution in [2.24, 2.45) is 5.41 Å². The highest BCUT2D eigenvalue weighted by atomic mass is 35.5. The summed E-state index contributed by atoms with van der Waals surface area (Å²) in [6.45, 7) is 11.4. The Hall–Kier alpha value is -1.63. The molecule has 1 aromatic heterocycles. The first-order chi connectivity index (χ1) is 16.1. The fraction of sp³-hybridized carbons (Fsp3) is 0.560. The highest BCUT2D eigenvalue weighted by molar-refractivity contribution is 7.62. The van der Waals surface area contributed by atoms with Crippen LogP contribution in [0.5, 0.6) is 5.75 Å². The fourth-order valence-electron chi connectivity index (χ4n) is 4.26. The number of rotatable bonds is 10. The van der Waals surface area contributed by atoms with Gasteiger partial charge in [0.15, 0.2) is 5.43 Å². The summed E-state index contributed by atoms with van der Waals surface area (Å²) in [6, 6.07) is 5.33. The number of methoxy groups -OCH3 is 1. The van der Waals surface area contributed by atoms with Gasteiger partial charge in [-0.1, -0.05) is 32.4 Å². The highest BCUT2D eigenvalue weighted by Crippen LogP contribution is 2.48. The Morgan fingerprint density at radius 1 is 1.12 bits per heavy atom. The Morgan fingerprint density at radius 2 is 1.79 bits per heavy atom. The van der Waals surface area contributed by atoms with Gasteiger partial charge in [-0.05, 0) is 43.4 Å². The zero-order valence-corrected chi connectivity index (χ0v) is 22.5. The number of pyridine rings is 1. The molecule has 7 nitrogen and oxygen atoms in total. The lowest BCUT2D eigenvalue weighted by atomic mass is 9.79. The summed E-state index contributed by atoms with van der Waals surface area (Å²) < 4.78 is 37.4. The van der Waals surface area contributed by atoms with Crippen LogP contribution in [0.15, 0.2) is 29.2 Å². The average molecular weight is 512 g/mol. The summed E-state index contributed by atoms with van der Waals surface area (Å²) in [5.74, 6) is 0.619. The normalized spacial score (nSPS) is 15.7. The van der Waals surface area contributed by atoms with E-state index in [0.717, 1.165) is 23.2 Å². The van der Waals surface area contributed by atoms with Crippen molar-refractivity contribution in [3.05, 3.63) is 45.2 Å². The Balaban J connectivity index is 2.15. The van der Waals surface area contributed by atoms with E-state index >= 15 is 0 Å². The molecule has 0 bridgehead atoms. The van der Waals surface area contributed by atoms with Crippen molar-refractivity contribution in [3.8, 4) is 17.0 Å². The Morgan fingerprint density at radius 3 is 2.38 bits per heavy atom. The molecule has 0 saturated heterocycles. The van der Waals surface area contributed by atoms with Crippen molar-refractivity contribution in [2.75, 3.05) is 33.5 Å². The van der Waals surface area contributed by atoms with Crippen molar-refractivity contribution < 1.29 is 23.1 Å². The van der Waals surface area contributed by atoms with Gasteiger partial charge >= 0.3 is 7.60 Å². The van der Waals surface area contributed by atoms with Crippen molar-refractivity contribution >= 4 is 24.5 Å². The summed E-state index contributed by atoms with van der Waals surface area (Å²) in [5.41, 5.74) is 2.10.